The van der Waals surface area contributed by atoms with E-state index in [-0.39, 0.29) is 0 Å². The fourth-order valence-electron chi connectivity index (χ4n) is 1.90. The van der Waals surface area contributed by atoms with E-state index >= 15 is 0 Å². The van der Waals surface area contributed by atoms with E-state index in [4.69, 9.17) is 21.3 Å². The van der Waals surface area contributed by atoms with E-state index in [1.807, 2.05) is 18.2 Å². The van der Waals surface area contributed by atoms with Crippen LogP contribution in [-0.4, -0.2) is 18.6 Å². The van der Waals surface area contributed by atoms with Gasteiger partial charge in [-0.25, -0.2) is 4.98 Å². The number of rotatable bonds is 7. The molecule has 0 bridgehead atoms. The largest absolute Gasteiger partial charge is 0.378 e. The first kappa shape index (κ1) is 16.9. The third kappa shape index (κ3) is 4.50. The molecule has 0 spiro atoms. The minimum Gasteiger partial charge on any atom is -0.378 e. The lowest BCUT2D eigenvalue weighted by Crippen LogP contribution is -2.14. The summed E-state index contributed by atoms with van der Waals surface area (Å²) in [4.78, 5) is 5.94. The van der Waals surface area contributed by atoms with Gasteiger partial charge in [-0.05, 0) is 41.0 Å². The fourth-order valence-corrected chi connectivity index (χ4v) is 3.43. The maximum atomic E-state index is 6.04. The zero-order chi connectivity index (χ0) is 15.2. The molecule has 0 saturated carbocycles. The summed E-state index contributed by atoms with van der Waals surface area (Å²) >= 11 is 11.2. The third-order valence-electron chi connectivity index (χ3n) is 2.94. The predicted octanol–water partition coefficient (Wildman–Crippen LogP) is 4.87. The number of ether oxygens (including phenoxy) is 1. The molecule has 0 aliphatic carbocycles. The van der Waals surface area contributed by atoms with Crippen molar-refractivity contribution in [2.24, 2.45) is 0 Å². The van der Waals surface area contributed by atoms with Crippen LogP contribution in [0, 0.1) is 0 Å². The van der Waals surface area contributed by atoms with Crippen LogP contribution in [0.2, 0.25) is 5.02 Å². The second-order valence-corrected chi connectivity index (χ2v) is 6.97. The van der Waals surface area contributed by atoms with Gasteiger partial charge in [-0.2, -0.15) is 0 Å². The number of halogens is 2. The topological polar surface area (TPSA) is 34.2 Å². The number of benzene rings is 1. The Morgan fingerprint density at radius 2 is 2.24 bits per heavy atom. The van der Waals surface area contributed by atoms with Crippen molar-refractivity contribution in [3.63, 3.8) is 0 Å². The molecular weight excluding hydrogens is 372 g/mol. The molecule has 0 unspecified atom stereocenters. The normalized spacial score (nSPS) is 11.0. The lowest BCUT2D eigenvalue weighted by Gasteiger charge is -2.02. The molecular formula is C15H18BrClN2OS. The molecule has 3 nitrogen and oxygen atoms in total. The molecule has 1 aromatic heterocycles. The Bertz CT molecular complexity index is 603. The van der Waals surface area contributed by atoms with Crippen LogP contribution in [0.1, 0.15) is 23.9 Å². The molecule has 2 aromatic rings. The molecule has 0 radical (unpaired) electrons. The molecule has 0 saturated heterocycles. The molecule has 1 aromatic carbocycles. The van der Waals surface area contributed by atoms with Gasteiger partial charge in [-0.15, -0.1) is 11.3 Å². The summed E-state index contributed by atoms with van der Waals surface area (Å²) in [6, 6.07) is 5.88. The van der Waals surface area contributed by atoms with Gasteiger partial charge < -0.3 is 10.1 Å². The van der Waals surface area contributed by atoms with Crippen molar-refractivity contribution in [3.8, 4) is 10.6 Å². The molecule has 1 N–H and O–H groups in total. The Labute approximate surface area is 142 Å². The van der Waals surface area contributed by atoms with E-state index in [0.29, 0.717) is 11.6 Å². The van der Waals surface area contributed by atoms with E-state index < -0.39 is 0 Å². The number of thiazole rings is 1. The van der Waals surface area contributed by atoms with Gasteiger partial charge in [-0.3, -0.25) is 0 Å². The molecule has 0 aliphatic rings. The van der Waals surface area contributed by atoms with Gasteiger partial charge in [0, 0.05) is 28.6 Å². The molecule has 0 atom stereocenters. The molecule has 0 amide bonds. The monoisotopic (exact) mass is 388 g/mol. The highest BCUT2D eigenvalue weighted by molar-refractivity contribution is 9.10. The second kappa shape index (κ2) is 8.25. The Balaban J connectivity index is 2.26. The van der Waals surface area contributed by atoms with Crippen LogP contribution in [0.25, 0.3) is 10.6 Å². The summed E-state index contributed by atoms with van der Waals surface area (Å²) < 4.78 is 6.14. The summed E-state index contributed by atoms with van der Waals surface area (Å²) in [5.41, 5.74) is 2.07. The minimum atomic E-state index is 0.536. The van der Waals surface area contributed by atoms with Crippen molar-refractivity contribution in [2.75, 3.05) is 13.7 Å². The average Bonchev–Trinajstić information content (AvgIpc) is 2.86. The Kier molecular flexibility index (Phi) is 6.64. The number of nitrogens with one attached hydrogen (secondary N) is 1. The Hall–Kier alpha value is -0.460. The van der Waals surface area contributed by atoms with Crippen LogP contribution in [0.4, 0.5) is 0 Å². The van der Waals surface area contributed by atoms with Gasteiger partial charge >= 0.3 is 0 Å². The van der Waals surface area contributed by atoms with E-state index in [1.54, 1.807) is 18.4 Å². The first-order valence-electron chi connectivity index (χ1n) is 6.79. The van der Waals surface area contributed by atoms with Crippen molar-refractivity contribution in [3.05, 3.63) is 38.3 Å². The predicted molar refractivity (Wildman–Crippen MR) is 93.0 cm³/mol. The standard InChI is InChI=1S/C15H18BrClN2OS/c1-3-6-18-8-14-13(9-20-2)19-15(21-14)10-4-5-12(17)11(16)7-10/h4-5,7,18H,3,6,8-9H2,1-2H3. The fraction of sp³-hybridized carbons (Fsp3) is 0.400. The van der Waals surface area contributed by atoms with Gasteiger partial charge in [0.15, 0.2) is 0 Å². The van der Waals surface area contributed by atoms with Crippen molar-refractivity contribution in [1.82, 2.24) is 10.3 Å². The van der Waals surface area contributed by atoms with E-state index in [2.05, 4.69) is 28.2 Å². The summed E-state index contributed by atoms with van der Waals surface area (Å²) in [6.07, 6.45) is 1.12. The highest BCUT2D eigenvalue weighted by Crippen LogP contribution is 2.32. The summed E-state index contributed by atoms with van der Waals surface area (Å²) in [6.45, 7) is 4.53. The van der Waals surface area contributed by atoms with Crippen molar-refractivity contribution in [2.45, 2.75) is 26.5 Å². The molecule has 2 rings (SSSR count). The summed E-state index contributed by atoms with van der Waals surface area (Å²) in [5.74, 6) is 0. The highest BCUT2D eigenvalue weighted by atomic mass is 79.9. The summed E-state index contributed by atoms with van der Waals surface area (Å²) in [5, 5.41) is 5.12. The molecule has 6 heteroatoms. The first-order chi connectivity index (χ1) is 10.2. The Morgan fingerprint density at radius 3 is 2.90 bits per heavy atom. The number of nitrogens with zero attached hydrogens (tertiary/aromatic N) is 1. The third-order valence-corrected chi connectivity index (χ3v) is 5.30. The van der Waals surface area contributed by atoms with Gasteiger partial charge in [0.25, 0.3) is 0 Å². The van der Waals surface area contributed by atoms with Crippen LogP contribution in [0.3, 0.4) is 0 Å². The smallest absolute Gasteiger partial charge is 0.124 e. The van der Waals surface area contributed by atoms with Crippen LogP contribution in [0.5, 0.6) is 0 Å². The van der Waals surface area contributed by atoms with E-state index in [0.717, 1.165) is 40.2 Å². The molecule has 0 fully saturated rings. The van der Waals surface area contributed by atoms with Gasteiger partial charge in [0.05, 0.1) is 17.3 Å². The highest BCUT2D eigenvalue weighted by Gasteiger charge is 2.13. The lowest BCUT2D eigenvalue weighted by atomic mass is 10.2. The number of aromatic nitrogens is 1. The molecule has 114 valence electrons. The van der Waals surface area contributed by atoms with Gasteiger partial charge in [-0.1, -0.05) is 24.6 Å². The quantitative estimate of drug-likeness (QED) is 0.686. The molecule has 1 heterocycles. The van der Waals surface area contributed by atoms with Crippen LogP contribution in [0.15, 0.2) is 22.7 Å². The van der Waals surface area contributed by atoms with E-state index in [9.17, 15) is 0 Å². The minimum absolute atomic E-state index is 0.536. The van der Waals surface area contributed by atoms with E-state index in [1.165, 1.54) is 4.88 Å². The number of methoxy groups -OCH3 is 1. The first-order valence-corrected chi connectivity index (χ1v) is 8.78. The molecule has 0 aliphatic heterocycles. The van der Waals surface area contributed by atoms with Crippen molar-refractivity contribution in [1.29, 1.82) is 0 Å². The number of hydrogen-bond donors (Lipinski definition) is 1. The van der Waals surface area contributed by atoms with Crippen molar-refractivity contribution < 1.29 is 4.74 Å². The Morgan fingerprint density at radius 1 is 1.43 bits per heavy atom. The van der Waals surface area contributed by atoms with Crippen LogP contribution in [-0.2, 0) is 17.9 Å². The van der Waals surface area contributed by atoms with Crippen molar-refractivity contribution >= 4 is 38.9 Å². The number of hydrogen-bond acceptors (Lipinski definition) is 4. The second-order valence-electron chi connectivity index (χ2n) is 4.63. The van der Waals surface area contributed by atoms with Gasteiger partial charge in [0.2, 0.25) is 0 Å². The SMILES string of the molecule is CCCNCc1sc(-c2ccc(Cl)c(Br)c2)nc1COC. The van der Waals surface area contributed by atoms with Gasteiger partial charge in [0.1, 0.15) is 5.01 Å². The zero-order valence-corrected chi connectivity index (χ0v) is 15.2. The summed E-state index contributed by atoms with van der Waals surface area (Å²) in [7, 11) is 1.70. The van der Waals surface area contributed by atoms with Crippen LogP contribution >= 0.6 is 38.9 Å². The zero-order valence-electron chi connectivity index (χ0n) is 12.1. The maximum absolute atomic E-state index is 6.04. The molecule has 21 heavy (non-hydrogen) atoms. The average molecular weight is 390 g/mol. The lowest BCUT2D eigenvalue weighted by molar-refractivity contribution is 0.181. The maximum Gasteiger partial charge on any atom is 0.124 e. The van der Waals surface area contributed by atoms with Crippen LogP contribution < -0.4 is 5.32 Å².